The Morgan fingerprint density at radius 1 is 1.25 bits per heavy atom. The first-order valence-electron chi connectivity index (χ1n) is 6.78. The molecule has 2 unspecified atom stereocenters. The van der Waals surface area contributed by atoms with Crippen molar-refractivity contribution in [1.29, 1.82) is 0 Å². The highest BCUT2D eigenvalue weighted by Crippen LogP contribution is 2.24. The minimum atomic E-state index is 0.0511. The maximum absolute atomic E-state index is 12.0. The minimum absolute atomic E-state index is 0.0511. The fourth-order valence-electron chi connectivity index (χ4n) is 2.97. The Labute approximate surface area is 98.4 Å². The van der Waals surface area contributed by atoms with E-state index >= 15 is 0 Å². The number of hydrogen-bond acceptors (Lipinski definition) is 2. The number of rotatable bonds is 3. The predicted octanol–water partition coefficient (Wildman–Crippen LogP) is 1.68. The van der Waals surface area contributed by atoms with E-state index in [1.54, 1.807) is 0 Å². The Morgan fingerprint density at radius 2 is 2.00 bits per heavy atom. The zero-order valence-corrected chi connectivity index (χ0v) is 10.3. The number of piperidine rings is 1. The second kappa shape index (κ2) is 5.67. The molecular weight excluding hydrogens is 200 g/mol. The van der Waals surface area contributed by atoms with Gasteiger partial charge in [0.15, 0.2) is 0 Å². The molecule has 1 saturated carbocycles. The van der Waals surface area contributed by atoms with Crippen LogP contribution in [-0.2, 0) is 4.79 Å². The molecule has 2 N–H and O–H groups in total. The maximum atomic E-state index is 12.0. The molecule has 0 aromatic rings. The van der Waals surface area contributed by atoms with Gasteiger partial charge in [-0.25, -0.2) is 0 Å². The number of hydrogen-bond donors (Lipinski definition) is 2. The smallest absolute Gasteiger partial charge is 0.237 e. The van der Waals surface area contributed by atoms with Gasteiger partial charge in [0.2, 0.25) is 5.91 Å². The molecule has 3 nitrogen and oxygen atoms in total. The number of amides is 1. The van der Waals surface area contributed by atoms with Gasteiger partial charge >= 0.3 is 0 Å². The van der Waals surface area contributed by atoms with Crippen molar-refractivity contribution in [3.63, 3.8) is 0 Å². The summed E-state index contributed by atoms with van der Waals surface area (Å²) in [6.45, 7) is 4.06. The van der Waals surface area contributed by atoms with E-state index in [0.29, 0.717) is 5.92 Å². The fourth-order valence-corrected chi connectivity index (χ4v) is 2.97. The van der Waals surface area contributed by atoms with Crippen LogP contribution in [-0.4, -0.2) is 25.0 Å². The van der Waals surface area contributed by atoms with Crippen molar-refractivity contribution in [3.8, 4) is 0 Å². The van der Waals surface area contributed by atoms with Gasteiger partial charge in [-0.2, -0.15) is 0 Å². The lowest BCUT2D eigenvalue weighted by molar-refractivity contribution is -0.125. The molecule has 16 heavy (non-hydrogen) atoms. The molecular formula is C13H24N2O. The SMILES string of the molecule is CC1CCCNC1C(=O)NCC1CCCC1. The summed E-state index contributed by atoms with van der Waals surface area (Å²) >= 11 is 0. The first kappa shape index (κ1) is 11.9. The van der Waals surface area contributed by atoms with Crippen LogP contribution >= 0.6 is 0 Å². The number of carbonyl (C=O) groups excluding carboxylic acids is 1. The highest BCUT2D eigenvalue weighted by atomic mass is 16.2. The van der Waals surface area contributed by atoms with Gasteiger partial charge in [-0.1, -0.05) is 19.8 Å². The van der Waals surface area contributed by atoms with Crippen LogP contribution < -0.4 is 10.6 Å². The Hall–Kier alpha value is -0.570. The van der Waals surface area contributed by atoms with Gasteiger partial charge in [0, 0.05) is 6.54 Å². The zero-order valence-electron chi connectivity index (χ0n) is 10.3. The second-order valence-corrected chi connectivity index (χ2v) is 5.45. The Balaban J connectivity index is 1.73. The molecule has 2 fully saturated rings. The largest absolute Gasteiger partial charge is 0.354 e. The van der Waals surface area contributed by atoms with Crippen LogP contribution in [0.25, 0.3) is 0 Å². The first-order valence-corrected chi connectivity index (χ1v) is 6.78. The highest BCUT2D eigenvalue weighted by molar-refractivity contribution is 5.82. The van der Waals surface area contributed by atoms with E-state index in [-0.39, 0.29) is 11.9 Å². The minimum Gasteiger partial charge on any atom is -0.354 e. The lowest BCUT2D eigenvalue weighted by Crippen LogP contribution is -2.51. The average Bonchev–Trinajstić information content (AvgIpc) is 2.79. The van der Waals surface area contributed by atoms with Gasteiger partial charge in [-0.05, 0) is 44.1 Å². The molecule has 0 radical (unpaired) electrons. The van der Waals surface area contributed by atoms with Crippen LogP contribution in [0.2, 0.25) is 0 Å². The molecule has 2 atom stereocenters. The Morgan fingerprint density at radius 3 is 2.69 bits per heavy atom. The molecule has 2 aliphatic rings. The molecule has 1 amide bonds. The van der Waals surface area contributed by atoms with E-state index in [9.17, 15) is 4.79 Å². The summed E-state index contributed by atoms with van der Waals surface area (Å²) in [5.74, 6) is 1.44. The summed E-state index contributed by atoms with van der Waals surface area (Å²) in [6, 6.07) is 0.0511. The predicted molar refractivity (Wildman–Crippen MR) is 65.2 cm³/mol. The summed E-state index contributed by atoms with van der Waals surface area (Å²) in [4.78, 5) is 12.0. The van der Waals surface area contributed by atoms with Crippen molar-refractivity contribution in [3.05, 3.63) is 0 Å². The third-order valence-corrected chi connectivity index (χ3v) is 4.09. The molecule has 2 rings (SSSR count). The van der Waals surface area contributed by atoms with E-state index in [4.69, 9.17) is 0 Å². The molecule has 1 saturated heterocycles. The fraction of sp³-hybridized carbons (Fsp3) is 0.923. The molecule has 92 valence electrons. The van der Waals surface area contributed by atoms with E-state index in [1.165, 1.54) is 38.5 Å². The van der Waals surface area contributed by atoms with Crippen molar-refractivity contribution in [1.82, 2.24) is 10.6 Å². The molecule has 1 heterocycles. The van der Waals surface area contributed by atoms with Crippen molar-refractivity contribution in [2.75, 3.05) is 13.1 Å². The van der Waals surface area contributed by atoms with Crippen LogP contribution in [0.3, 0.4) is 0 Å². The standard InChI is InChI=1S/C13H24N2O/c1-10-5-4-8-14-12(10)13(16)15-9-11-6-2-3-7-11/h10-12,14H,2-9H2,1H3,(H,15,16). The van der Waals surface area contributed by atoms with Gasteiger partial charge in [0.25, 0.3) is 0 Å². The van der Waals surface area contributed by atoms with Gasteiger partial charge in [-0.15, -0.1) is 0 Å². The van der Waals surface area contributed by atoms with E-state index in [2.05, 4.69) is 17.6 Å². The third kappa shape index (κ3) is 2.97. The van der Waals surface area contributed by atoms with E-state index in [0.717, 1.165) is 19.0 Å². The summed E-state index contributed by atoms with van der Waals surface area (Å²) in [7, 11) is 0. The number of carbonyl (C=O) groups is 1. The lowest BCUT2D eigenvalue weighted by Gasteiger charge is -2.29. The normalized spacial score (nSPS) is 31.6. The van der Waals surface area contributed by atoms with Crippen LogP contribution in [0.5, 0.6) is 0 Å². The third-order valence-electron chi connectivity index (χ3n) is 4.09. The molecule has 3 heteroatoms. The maximum Gasteiger partial charge on any atom is 0.237 e. The molecule has 1 aliphatic heterocycles. The summed E-state index contributed by atoms with van der Waals surface area (Å²) in [5.41, 5.74) is 0. The number of nitrogens with one attached hydrogen (secondary N) is 2. The zero-order chi connectivity index (χ0) is 11.4. The van der Waals surface area contributed by atoms with Crippen molar-refractivity contribution < 1.29 is 4.79 Å². The highest BCUT2D eigenvalue weighted by Gasteiger charge is 2.27. The monoisotopic (exact) mass is 224 g/mol. The van der Waals surface area contributed by atoms with Crippen molar-refractivity contribution >= 4 is 5.91 Å². The molecule has 0 aromatic heterocycles. The lowest BCUT2D eigenvalue weighted by atomic mass is 9.92. The van der Waals surface area contributed by atoms with Crippen molar-refractivity contribution in [2.45, 2.75) is 51.5 Å². The van der Waals surface area contributed by atoms with Gasteiger partial charge in [0.1, 0.15) is 0 Å². The van der Waals surface area contributed by atoms with Gasteiger partial charge in [0.05, 0.1) is 6.04 Å². The Kier molecular flexibility index (Phi) is 4.22. The Bertz CT molecular complexity index is 236. The van der Waals surface area contributed by atoms with E-state index < -0.39 is 0 Å². The van der Waals surface area contributed by atoms with Gasteiger partial charge in [-0.3, -0.25) is 4.79 Å². The molecule has 1 aliphatic carbocycles. The molecule has 0 aromatic carbocycles. The molecule has 0 bridgehead atoms. The van der Waals surface area contributed by atoms with Crippen LogP contribution in [0.15, 0.2) is 0 Å². The van der Waals surface area contributed by atoms with Crippen molar-refractivity contribution in [2.24, 2.45) is 11.8 Å². The molecule has 0 spiro atoms. The summed E-state index contributed by atoms with van der Waals surface area (Å²) < 4.78 is 0. The van der Waals surface area contributed by atoms with Crippen LogP contribution in [0.4, 0.5) is 0 Å². The topological polar surface area (TPSA) is 41.1 Å². The van der Waals surface area contributed by atoms with Crippen LogP contribution in [0.1, 0.15) is 45.4 Å². The summed E-state index contributed by atoms with van der Waals surface area (Å²) in [5, 5.41) is 6.46. The first-order chi connectivity index (χ1) is 7.77. The van der Waals surface area contributed by atoms with E-state index in [1.807, 2.05) is 0 Å². The average molecular weight is 224 g/mol. The quantitative estimate of drug-likeness (QED) is 0.766. The second-order valence-electron chi connectivity index (χ2n) is 5.45. The van der Waals surface area contributed by atoms with Gasteiger partial charge < -0.3 is 10.6 Å². The van der Waals surface area contributed by atoms with Crippen LogP contribution in [0, 0.1) is 11.8 Å². The summed E-state index contributed by atoms with van der Waals surface area (Å²) in [6.07, 6.45) is 7.67.